The maximum atomic E-state index is 10.8. The van der Waals surface area contributed by atoms with E-state index in [0.717, 1.165) is 10.9 Å². The molecular weight excluding hydrogens is 246 g/mol. The third-order valence-electron chi connectivity index (χ3n) is 2.52. The molecule has 1 fully saturated rings. The van der Waals surface area contributed by atoms with E-state index < -0.39 is 16.9 Å². The molecule has 0 aromatic carbocycles. The van der Waals surface area contributed by atoms with E-state index in [1.165, 1.54) is 6.92 Å². The van der Waals surface area contributed by atoms with Crippen LogP contribution in [0.15, 0.2) is 6.20 Å². The number of carboxylic acid groups (broad SMARTS) is 1. The van der Waals surface area contributed by atoms with Gasteiger partial charge in [-0.2, -0.15) is 0 Å². The van der Waals surface area contributed by atoms with Gasteiger partial charge in [0.05, 0.1) is 18.1 Å². The molecule has 0 bridgehead atoms. The number of hydrogen-bond acceptors (Lipinski definition) is 6. The zero-order valence-corrected chi connectivity index (χ0v) is 9.48. The topological polar surface area (TPSA) is 117 Å². The summed E-state index contributed by atoms with van der Waals surface area (Å²) in [7, 11) is 0. The Hall–Kier alpha value is -2.16. The smallest absolute Gasteiger partial charge is 0.350 e. The first-order valence-corrected chi connectivity index (χ1v) is 5.19. The SMILES string of the molecule is CC(C(=O)O)n1cc([N+](=O)[O-])c(OC2COC2)n1. The number of rotatable bonds is 5. The number of aliphatic carboxylic acids is 1. The molecule has 0 aliphatic carbocycles. The summed E-state index contributed by atoms with van der Waals surface area (Å²) in [5.74, 6) is -1.31. The van der Waals surface area contributed by atoms with Crippen LogP contribution >= 0.6 is 0 Å². The fraction of sp³-hybridized carbons (Fsp3) is 0.556. The number of nitro groups is 1. The molecule has 9 heteroatoms. The number of hydrogen-bond donors (Lipinski definition) is 1. The van der Waals surface area contributed by atoms with Crippen LogP contribution in [-0.4, -0.2) is 45.1 Å². The molecule has 98 valence electrons. The van der Waals surface area contributed by atoms with Crippen LogP contribution in [0.25, 0.3) is 0 Å². The minimum absolute atomic E-state index is 0.179. The van der Waals surface area contributed by atoms with Gasteiger partial charge in [0.1, 0.15) is 18.3 Å². The fourth-order valence-electron chi connectivity index (χ4n) is 1.33. The molecule has 2 heterocycles. The second-order valence-electron chi connectivity index (χ2n) is 3.85. The van der Waals surface area contributed by atoms with Crippen molar-refractivity contribution in [2.24, 2.45) is 0 Å². The van der Waals surface area contributed by atoms with Gasteiger partial charge < -0.3 is 14.6 Å². The summed E-state index contributed by atoms with van der Waals surface area (Å²) >= 11 is 0. The Labute approximate surface area is 101 Å². The molecule has 0 spiro atoms. The summed E-state index contributed by atoms with van der Waals surface area (Å²) in [5, 5.41) is 23.4. The molecule has 9 nitrogen and oxygen atoms in total. The average molecular weight is 257 g/mol. The highest BCUT2D eigenvalue weighted by Crippen LogP contribution is 2.28. The van der Waals surface area contributed by atoms with Crippen LogP contribution in [-0.2, 0) is 9.53 Å². The molecule has 1 atom stereocenters. The quantitative estimate of drug-likeness (QED) is 0.592. The van der Waals surface area contributed by atoms with Gasteiger partial charge in [-0.05, 0) is 6.92 Å². The van der Waals surface area contributed by atoms with E-state index in [1.54, 1.807) is 0 Å². The molecular formula is C9H11N3O6. The van der Waals surface area contributed by atoms with Crippen molar-refractivity contribution in [1.82, 2.24) is 9.78 Å². The van der Waals surface area contributed by atoms with Crippen LogP contribution in [0.2, 0.25) is 0 Å². The van der Waals surface area contributed by atoms with Crippen LogP contribution in [0.4, 0.5) is 5.69 Å². The Morgan fingerprint density at radius 2 is 2.44 bits per heavy atom. The third-order valence-corrected chi connectivity index (χ3v) is 2.52. The van der Waals surface area contributed by atoms with Crippen molar-refractivity contribution in [2.45, 2.75) is 19.1 Å². The Morgan fingerprint density at radius 1 is 1.78 bits per heavy atom. The lowest BCUT2D eigenvalue weighted by atomic mass is 10.3. The van der Waals surface area contributed by atoms with Crippen molar-refractivity contribution in [2.75, 3.05) is 13.2 Å². The van der Waals surface area contributed by atoms with Gasteiger partial charge in [0.15, 0.2) is 0 Å². The molecule has 18 heavy (non-hydrogen) atoms. The van der Waals surface area contributed by atoms with Gasteiger partial charge in [0.25, 0.3) is 0 Å². The molecule has 1 aromatic rings. The van der Waals surface area contributed by atoms with Gasteiger partial charge in [0, 0.05) is 0 Å². The van der Waals surface area contributed by atoms with E-state index >= 15 is 0 Å². The minimum atomic E-state index is -1.13. The van der Waals surface area contributed by atoms with Crippen LogP contribution in [0.3, 0.4) is 0 Å². The molecule has 1 unspecified atom stereocenters. The van der Waals surface area contributed by atoms with Crippen molar-refractivity contribution in [3.8, 4) is 5.88 Å². The normalized spacial score (nSPS) is 16.9. The zero-order chi connectivity index (χ0) is 13.3. The van der Waals surface area contributed by atoms with Gasteiger partial charge in [-0.1, -0.05) is 0 Å². The highest BCUT2D eigenvalue weighted by Gasteiger charge is 2.29. The second-order valence-corrected chi connectivity index (χ2v) is 3.85. The molecule has 0 saturated carbocycles. The van der Waals surface area contributed by atoms with Crippen molar-refractivity contribution < 1.29 is 24.3 Å². The first-order chi connectivity index (χ1) is 8.49. The molecule has 1 N–H and O–H groups in total. The van der Waals surface area contributed by atoms with E-state index in [-0.39, 0.29) is 17.7 Å². The third kappa shape index (κ3) is 2.25. The summed E-state index contributed by atoms with van der Waals surface area (Å²) in [6.07, 6.45) is 0.778. The summed E-state index contributed by atoms with van der Waals surface area (Å²) in [6.45, 7) is 2.06. The number of carbonyl (C=O) groups is 1. The molecule has 0 amide bonds. The summed E-state index contributed by atoms with van der Waals surface area (Å²) in [5.41, 5.74) is -0.352. The van der Waals surface area contributed by atoms with Gasteiger partial charge in [-0.25, -0.2) is 9.48 Å². The lowest BCUT2D eigenvalue weighted by Crippen LogP contribution is -2.38. The molecule has 1 aliphatic rings. The maximum Gasteiger partial charge on any atom is 0.350 e. The largest absolute Gasteiger partial charge is 0.480 e. The standard InChI is InChI=1S/C9H11N3O6/c1-5(9(13)14)11-2-7(12(15)16)8(10-11)18-6-3-17-4-6/h2,5-6H,3-4H2,1H3,(H,13,14). The highest BCUT2D eigenvalue weighted by atomic mass is 16.6. The fourth-order valence-corrected chi connectivity index (χ4v) is 1.33. The summed E-state index contributed by atoms with van der Waals surface area (Å²) in [4.78, 5) is 20.9. The van der Waals surface area contributed by atoms with Crippen LogP contribution in [0, 0.1) is 10.1 Å². The Kier molecular flexibility index (Phi) is 3.15. The molecule has 0 radical (unpaired) electrons. The Balaban J connectivity index is 2.25. The first-order valence-electron chi connectivity index (χ1n) is 5.19. The molecule has 1 aromatic heterocycles. The van der Waals surface area contributed by atoms with Gasteiger partial charge in [0.2, 0.25) is 0 Å². The van der Waals surface area contributed by atoms with Gasteiger partial charge in [-0.3, -0.25) is 10.1 Å². The van der Waals surface area contributed by atoms with Crippen molar-refractivity contribution in [3.05, 3.63) is 16.3 Å². The van der Waals surface area contributed by atoms with E-state index in [9.17, 15) is 14.9 Å². The first kappa shape index (κ1) is 12.3. The number of ether oxygens (including phenoxy) is 2. The van der Waals surface area contributed by atoms with Crippen molar-refractivity contribution in [1.29, 1.82) is 0 Å². The predicted molar refractivity (Wildman–Crippen MR) is 56.5 cm³/mol. The molecule has 1 saturated heterocycles. The number of carboxylic acids is 1. The molecule has 1 aliphatic heterocycles. The summed E-state index contributed by atoms with van der Waals surface area (Å²) in [6, 6.07) is -1.00. The Morgan fingerprint density at radius 3 is 2.89 bits per heavy atom. The average Bonchev–Trinajstić information content (AvgIpc) is 2.66. The minimum Gasteiger partial charge on any atom is -0.480 e. The van der Waals surface area contributed by atoms with Gasteiger partial charge >= 0.3 is 17.5 Å². The maximum absolute atomic E-state index is 10.8. The molecule has 2 rings (SSSR count). The van der Waals surface area contributed by atoms with E-state index in [0.29, 0.717) is 13.2 Å². The highest BCUT2D eigenvalue weighted by molar-refractivity contribution is 5.71. The van der Waals surface area contributed by atoms with Gasteiger partial charge in [-0.15, -0.1) is 5.10 Å². The van der Waals surface area contributed by atoms with Crippen molar-refractivity contribution >= 4 is 11.7 Å². The lowest BCUT2D eigenvalue weighted by Gasteiger charge is -2.25. The monoisotopic (exact) mass is 257 g/mol. The van der Waals surface area contributed by atoms with Crippen LogP contribution in [0.5, 0.6) is 5.88 Å². The Bertz CT molecular complexity index is 481. The predicted octanol–water partition coefficient (Wildman–Crippen LogP) is 0.214. The second kappa shape index (κ2) is 4.61. The number of nitrogens with zero attached hydrogens (tertiary/aromatic N) is 3. The van der Waals surface area contributed by atoms with E-state index in [4.69, 9.17) is 14.6 Å². The van der Waals surface area contributed by atoms with Crippen LogP contribution < -0.4 is 4.74 Å². The zero-order valence-electron chi connectivity index (χ0n) is 9.48. The van der Waals surface area contributed by atoms with E-state index in [1.807, 2.05) is 0 Å². The van der Waals surface area contributed by atoms with Crippen molar-refractivity contribution in [3.63, 3.8) is 0 Å². The van der Waals surface area contributed by atoms with Crippen LogP contribution in [0.1, 0.15) is 13.0 Å². The lowest BCUT2D eigenvalue weighted by molar-refractivity contribution is -0.386. The summed E-state index contributed by atoms with van der Waals surface area (Å²) < 4.78 is 11.1. The van der Waals surface area contributed by atoms with E-state index in [2.05, 4.69) is 5.10 Å². The number of aromatic nitrogens is 2.